The van der Waals surface area contributed by atoms with Gasteiger partial charge in [-0.3, -0.25) is 4.79 Å². The van der Waals surface area contributed by atoms with Crippen molar-refractivity contribution in [2.45, 2.75) is 90.8 Å². The highest BCUT2D eigenvalue weighted by atomic mass is 28.5. The summed E-state index contributed by atoms with van der Waals surface area (Å²) in [6, 6.07) is 0. The second kappa shape index (κ2) is 11.1. The van der Waals surface area contributed by atoms with Gasteiger partial charge in [0.05, 0.1) is 12.1 Å². The number of carboxylic acid groups (broad SMARTS) is 1. The van der Waals surface area contributed by atoms with E-state index in [1.807, 2.05) is 65.8 Å². The molecular weight excluding hydrogens is 469 g/mol. The summed E-state index contributed by atoms with van der Waals surface area (Å²) < 4.78 is 20.1. The van der Waals surface area contributed by atoms with Gasteiger partial charge in [0.25, 0.3) is 0 Å². The van der Waals surface area contributed by atoms with E-state index in [9.17, 15) is 24.9 Å². The minimum Gasteiger partial charge on any atom is -0.478 e. The molecule has 0 saturated carbocycles. The summed E-state index contributed by atoms with van der Waals surface area (Å²) in [5.41, 5.74) is -1.06. The van der Waals surface area contributed by atoms with Gasteiger partial charge in [0.1, 0.15) is 6.10 Å². The predicted molar refractivity (Wildman–Crippen MR) is 132 cm³/mol. The predicted octanol–water partition coefficient (Wildman–Crippen LogP) is 3.58. The molecule has 182 valence electrons. The van der Waals surface area contributed by atoms with Crippen LogP contribution in [-0.4, -0.2) is 73.5 Å². The standard InChI is InChI=1S/C19H42O8Si4/c1-12-16(17(14(2)19(23)24)18(22)15(21)13-20)31(25-28(3,4)5,26-29(6,7)8)27-30(9,10)11/h15-16,20-21H,12-13H2,1-11H3,(H,23,24)/b17-14-. The molecule has 0 aromatic heterocycles. The molecular formula is C19H42O8Si4. The minimum atomic E-state index is -3.67. The first-order valence-electron chi connectivity index (χ1n) is 10.6. The van der Waals surface area contributed by atoms with Crippen molar-refractivity contribution in [3.8, 4) is 0 Å². The molecule has 0 aromatic rings. The third-order valence-corrected chi connectivity index (χ3v) is 16.3. The highest BCUT2D eigenvalue weighted by Gasteiger charge is 2.58. The molecule has 0 aliphatic rings. The number of carboxylic acids is 1. The summed E-state index contributed by atoms with van der Waals surface area (Å²) in [6.45, 7) is 20.4. The Morgan fingerprint density at radius 1 is 0.839 bits per heavy atom. The van der Waals surface area contributed by atoms with E-state index in [2.05, 4.69) is 0 Å². The second-order valence-electron chi connectivity index (χ2n) is 10.6. The molecule has 0 spiro atoms. The maximum Gasteiger partial charge on any atom is 0.477 e. The van der Waals surface area contributed by atoms with E-state index in [0.29, 0.717) is 6.42 Å². The molecule has 0 radical (unpaired) electrons. The van der Waals surface area contributed by atoms with Crippen molar-refractivity contribution < 1.29 is 37.3 Å². The molecule has 0 saturated heterocycles. The van der Waals surface area contributed by atoms with E-state index in [4.69, 9.17) is 12.3 Å². The molecule has 0 heterocycles. The molecule has 0 aliphatic carbocycles. The van der Waals surface area contributed by atoms with Crippen molar-refractivity contribution in [3.05, 3.63) is 11.1 Å². The lowest BCUT2D eigenvalue weighted by Gasteiger charge is -2.47. The van der Waals surface area contributed by atoms with Crippen LogP contribution < -0.4 is 0 Å². The molecule has 0 aromatic carbocycles. The fraction of sp³-hybridized carbons (Fsp3) is 0.789. The highest BCUT2D eigenvalue weighted by molar-refractivity contribution is 6.91. The fourth-order valence-electron chi connectivity index (χ4n) is 3.18. The lowest BCUT2D eigenvalue weighted by molar-refractivity contribution is -0.133. The van der Waals surface area contributed by atoms with E-state index in [1.165, 1.54) is 6.92 Å². The number of rotatable bonds is 13. The van der Waals surface area contributed by atoms with Crippen molar-refractivity contribution >= 4 is 45.5 Å². The van der Waals surface area contributed by atoms with E-state index in [-0.39, 0.29) is 11.1 Å². The van der Waals surface area contributed by atoms with Crippen LogP contribution in [0.15, 0.2) is 11.1 Å². The number of Topliss-reactive ketones (excluding diaryl/α,β-unsaturated/α-hetero) is 1. The van der Waals surface area contributed by atoms with Crippen molar-refractivity contribution in [3.63, 3.8) is 0 Å². The molecule has 2 unspecified atom stereocenters. The average molecular weight is 511 g/mol. The topological polar surface area (TPSA) is 123 Å². The Morgan fingerprint density at radius 2 is 1.19 bits per heavy atom. The third-order valence-electron chi connectivity index (χ3n) is 3.99. The Balaban J connectivity index is 7.24. The van der Waals surface area contributed by atoms with Crippen LogP contribution in [0.4, 0.5) is 0 Å². The lowest BCUT2D eigenvalue weighted by atomic mass is 9.96. The van der Waals surface area contributed by atoms with E-state index in [0.717, 1.165) is 0 Å². The second-order valence-corrected chi connectivity index (χ2v) is 27.6. The Hall–Kier alpha value is -0.452. The number of carbonyl (C=O) groups excluding carboxylic acids is 1. The van der Waals surface area contributed by atoms with Crippen LogP contribution in [0.1, 0.15) is 20.3 Å². The molecule has 8 nitrogen and oxygen atoms in total. The van der Waals surface area contributed by atoms with Crippen molar-refractivity contribution in [1.82, 2.24) is 0 Å². The zero-order chi connectivity index (χ0) is 25.0. The van der Waals surface area contributed by atoms with Gasteiger partial charge in [0, 0.05) is 11.1 Å². The summed E-state index contributed by atoms with van der Waals surface area (Å²) in [4.78, 5) is 25.0. The van der Waals surface area contributed by atoms with Crippen LogP contribution in [0, 0.1) is 0 Å². The van der Waals surface area contributed by atoms with Crippen LogP contribution >= 0.6 is 0 Å². The SMILES string of the molecule is CCC(/C(C(=O)C(O)CO)=C(\C)C(=O)O)[Si](O[Si](C)(C)C)(O[Si](C)(C)C)O[Si](C)(C)C. The summed E-state index contributed by atoms with van der Waals surface area (Å²) in [7, 11) is -10.5. The summed E-state index contributed by atoms with van der Waals surface area (Å²) in [5.74, 6) is -2.10. The van der Waals surface area contributed by atoms with Gasteiger partial charge in [0.15, 0.2) is 30.7 Å². The summed E-state index contributed by atoms with van der Waals surface area (Å²) in [5, 5.41) is 29.2. The fourth-order valence-corrected chi connectivity index (χ4v) is 18.0. The van der Waals surface area contributed by atoms with Gasteiger partial charge in [-0.1, -0.05) is 6.92 Å². The van der Waals surface area contributed by atoms with E-state index < -0.39 is 63.8 Å². The Bertz CT molecular complexity index is 633. The quantitative estimate of drug-likeness (QED) is 0.254. The largest absolute Gasteiger partial charge is 0.478 e. The monoisotopic (exact) mass is 510 g/mol. The van der Waals surface area contributed by atoms with Crippen LogP contribution in [0.2, 0.25) is 64.5 Å². The van der Waals surface area contributed by atoms with Crippen LogP contribution in [0.5, 0.6) is 0 Å². The number of aliphatic carboxylic acids is 1. The highest BCUT2D eigenvalue weighted by Crippen LogP contribution is 2.42. The van der Waals surface area contributed by atoms with Crippen LogP contribution in [-0.2, 0) is 21.9 Å². The lowest BCUT2D eigenvalue weighted by Crippen LogP contribution is -2.63. The maximum atomic E-state index is 13.1. The molecule has 2 atom stereocenters. The first-order valence-corrected chi connectivity index (χ1v) is 22.6. The van der Waals surface area contributed by atoms with E-state index in [1.54, 1.807) is 0 Å². The van der Waals surface area contributed by atoms with Gasteiger partial charge in [0.2, 0.25) is 0 Å². The van der Waals surface area contributed by atoms with Crippen molar-refractivity contribution in [1.29, 1.82) is 0 Å². The van der Waals surface area contributed by atoms with Gasteiger partial charge in [-0.25, -0.2) is 4.79 Å². The molecule has 31 heavy (non-hydrogen) atoms. The number of aliphatic hydroxyl groups is 2. The van der Waals surface area contributed by atoms with E-state index >= 15 is 0 Å². The normalized spacial score (nSPS) is 16.5. The first kappa shape index (κ1) is 30.5. The Kier molecular flexibility index (Phi) is 11.0. The molecule has 12 heteroatoms. The number of carbonyl (C=O) groups is 2. The number of ketones is 1. The Labute approximate surface area is 191 Å². The molecule has 3 N–H and O–H groups in total. The molecule has 0 bridgehead atoms. The smallest absolute Gasteiger partial charge is 0.477 e. The number of aliphatic hydroxyl groups excluding tert-OH is 2. The summed E-state index contributed by atoms with van der Waals surface area (Å²) >= 11 is 0. The van der Waals surface area contributed by atoms with Gasteiger partial charge in [-0.15, -0.1) is 0 Å². The molecule has 0 aliphatic heterocycles. The molecule has 0 amide bonds. The van der Waals surface area contributed by atoms with Crippen molar-refractivity contribution in [2.75, 3.05) is 6.61 Å². The van der Waals surface area contributed by atoms with Gasteiger partial charge < -0.3 is 27.7 Å². The minimum absolute atomic E-state index is 0.0852. The molecule has 0 rings (SSSR count). The van der Waals surface area contributed by atoms with Crippen LogP contribution in [0.25, 0.3) is 0 Å². The average Bonchev–Trinajstić information content (AvgIpc) is 2.52. The van der Waals surface area contributed by atoms with Gasteiger partial charge in [-0.2, -0.15) is 0 Å². The Morgan fingerprint density at radius 3 is 1.42 bits per heavy atom. The number of hydrogen-bond donors (Lipinski definition) is 3. The summed E-state index contributed by atoms with van der Waals surface area (Å²) in [6.07, 6.45) is -1.40. The zero-order valence-electron chi connectivity index (χ0n) is 21.0. The van der Waals surface area contributed by atoms with Crippen LogP contribution in [0.3, 0.4) is 0 Å². The van der Waals surface area contributed by atoms with Gasteiger partial charge in [-0.05, 0) is 72.3 Å². The number of hydrogen-bond acceptors (Lipinski definition) is 7. The third kappa shape index (κ3) is 9.92. The first-order chi connectivity index (χ1) is 13.7. The zero-order valence-corrected chi connectivity index (χ0v) is 25.0. The molecule has 0 fully saturated rings. The maximum absolute atomic E-state index is 13.1. The van der Waals surface area contributed by atoms with Crippen molar-refractivity contribution in [2.24, 2.45) is 0 Å². The van der Waals surface area contributed by atoms with Gasteiger partial charge >= 0.3 is 14.8 Å².